The van der Waals surface area contributed by atoms with E-state index in [1.54, 1.807) is 0 Å². The van der Waals surface area contributed by atoms with Crippen LogP contribution in [-0.2, 0) is 17.9 Å². The standard InChI is InChI=1S/C35H48N4O3.C2HF3O2/c1-2-35(36-24-28-8-10-29(11-9-28)25-37-18-16-32(40)17-19-37)30-12-14-34(15-13-30)42-27-33(41)26-38-20-22-39(23-21-38)31-6-4-3-5-7-31;3-2(4,5)1(6)7/h3-15,32-33,35-36,40-41H,2,16-27H2,1H3;(H,6,7). The molecule has 0 aliphatic carbocycles. The van der Waals surface area contributed by atoms with Gasteiger partial charge in [-0.15, -0.1) is 0 Å². The summed E-state index contributed by atoms with van der Waals surface area (Å²) in [7, 11) is 0. The molecule has 2 heterocycles. The number of alkyl halides is 3. The number of hydrogen-bond donors (Lipinski definition) is 4. The lowest BCUT2D eigenvalue weighted by Gasteiger charge is -2.36. The van der Waals surface area contributed by atoms with Gasteiger partial charge in [-0.3, -0.25) is 9.80 Å². The van der Waals surface area contributed by atoms with Crippen molar-refractivity contribution in [3.8, 4) is 5.75 Å². The highest BCUT2D eigenvalue weighted by molar-refractivity contribution is 5.73. The lowest BCUT2D eigenvalue weighted by molar-refractivity contribution is -0.192. The van der Waals surface area contributed by atoms with Gasteiger partial charge in [0.15, 0.2) is 0 Å². The molecule has 2 aliphatic heterocycles. The number of piperazine rings is 1. The third-order valence-corrected chi connectivity index (χ3v) is 8.88. The van der Waals surface area contributed by atoms with Gasteiger partial charge in [0, 0.05) is 70.6 Å². The molecule has 0 saturated carbocycles. The minimum Gasteiger partial charge on any atom is -0.491 e. The van der Waals surface area contributed by atoms with E-state index in [0.29, 0.717) is 13.2 Å². The number of piperidine rings is 1. The number of aliphatic hydroxyl groups is 2. The number of carbonyl (C=O) groups is 1. The second-order valence-electron chi connectivity index (χ2n) is 12.6. The number of aliphatic carboxylic acids is 1. The van der Waals surface area contributed by atoms with Gasteiger partial charge in [0.2, 0.25) is 0 Å². The van der Waals surface area contributed by atoms with E-state index in [-0.39, 0.29) is 12.1 Å². The largest absolute Gasteiger partial charge is 0.491 e. The minimum absolute atomic E-state index is 0.124. The van der Waals surface area contributed by atoms with E-state index < -0.39 is 18.2 Å². The molecule has 49 heavy (non-hydrogen) atoms. The molecule has 268 valence electrons. The first-order chi connectivity index (χ1) is 23.5. The first kappa shape index (κ1) is 38.1. The number of β-amino-alcohol motifs (C(OH)–C–C–N with tert-alkyl or cyclic N) is 1. The van der Waals surface area contributed by atoms with Crippen molar-refractivity contribution in [3.05, 3.63) is 95.6 Å². The van der Waals surface area contributed by atoms with Crippen LogP contribution in [-0.4, -0.2) is 102 Å². The van der Waals surface area contributed by atoms with E-state index in [1.807, 2.05) is 12.1 Å². The monoisotopic (exact) mass is 686 g/mol. The number of carboxylic acids is 1. The van der Waals surface area contributed by atoms with Gasteiger partial charge in [0.05, 0.1) is 6.10 Å². The molecule has 9 nitrogen and oxygen atoms in total. The maximum Gasteiger partial charge on any atom is 0.490 e. The summed E-state index contributed by atoms with van der Waals surface area (Å²) in [5.41, 5.74) is 5.12. The zero-order valence-corrected chi connectivity index (χ0v) is 28.1. The molecule has 0 bridgehead atoms. The van der Waals surface area contributed by atoms with Gasteiger partial charge in [-0.05, 0) is 60.2 Å². The van der Waals surface area contributed by atoms with Gasteiger partial charge in [0.1, 0.15) is 18.5 Å². The third kappa shape index (κ3) is 12.9. The zero-order valence-electron chi connectivity index (χ0n) is 28.1. The maximum atomic E-state index is 10.6. The molecule has 2 fully saturated rings. The summed E-state index contributed by atoms with van der Waals surface area (Å²) in [5, 5.41) is 31.2. The van der Waals surface area contributed by atoms with Crippen molar-refractivity contribution in [2.45, 2.75) is 63.7 Å². The van der Waals surface area contributed by atoms with Crippen LogP contribution in [0.3, 0.4) is 0 Å². The second-order valence-corrected chi connectivity index (χ2v) is 12.6. The average molecular weight is 687 g/mol. The summed E-state index contributed by atoms with van der Waals surface area (Å²) >= 11 is 0. The van der Waals surface area contributed by atoms with Gasteiger partial charge in [0.25, 0.3) is 0 Å². The van der Waals surface area contributed by atoms with Crippen molar-refractivity contribution in [1.29, 1.82) is 0 Å². The molecule has 2 unspecified atom stereocenters. The molecule has 2 saturated heterocycles. The van der Waals surface area contributed by atoms with Crippen molar-refractivity contribution < 1.29 is 38.0 Å². The Bertz CT molecular complexity index is 1380. The van der Waals surface area contributed by atoms with Crippen molar-refractivity contribution in [2.24, 2.45) is 0 Å². The van der Waals surface area contributed by atoms with Crippen LogP contribution in [0.15, 0.2) is 78.9 Å². The number of rotatable bonds is 13. The molecule has 12 heteroatoms. The minimum atomic E-state index is -5.08. The van der Waals surface area contributed by atoms with E-state index in [9.17, 15) is 23.4 Å². The summed E-state index contributed by atoms with van der Waals surface area (Å²) in [4.78, 5) is 16.0. The summed E-state index contributed by atoms with van der Waals surface area (Å²) in [6, 6.07) is 28.0. The number of anilines is 1. The lowest BCUT2D eigenvalue weighted by Crippen LogP contribution is -2.49. The highest BCUT2D eigenvalue weighted by Crippen LogP contribution is 2.22. The van der Waals surface area contributed by atoms with E-state index in [0.717, 1.165) is 77.4 Å². The maximum absolute atomic E-state index is 10.6. The van der Waals surface area contributed by atoms with Gasteiger partial charge < -0.3 is 30.3 Å². The van der Waals surface area contributed by atoms with Crippen LogP contribution in [0.4, 0.5) is 18.9 Å². The number of halogens is 3. The normalized spacial score (nSPS) is 17.6. The Hall–Kier alpha value is -3.68. The topological polar surface area (TPSA) is 109 Å². The quantitative estimate of drug-likeness (QED) is 0.196. The molecule has 3 aromatic carbocycles. The predicted octanol–water partition coefficient (Wildman–Crippen LogP) is 5.08. The number of nitrogens with zero attached hydrogens (tertiary/aromatic N) is 3. The van der Waals surface area contributed by atoms with Crippen molar-refractivity contribution in [2.75, 3.05) is 57.3 Å². The molecular formula is C37H49F3N4O5. The van der Waals surface area contributed by atoms with Gasteiger partial charge in [-0.25, -0.2) is 4.79 Å². The van der Waals surface area contributed by atoms with Gasteiger partial charge in [-0.1, -0.05) is 61.5 Å². The fourth-order valence-corrected chi connectivity index (χ4v) is 6.00. The number of aliphatic hydroxyl groups excluding tert-OH is 2. The number of benzene rings is 3. The Morgan fingerprint density at radius 1 is 0.878 bits per heavy atom. The highest BCUT2D eigenvalue weighted by Gasteiger charge is 2.38. The number of para-hydroxylation sites is 1. The van der Waals surface area contributed by atoms with Gasteiger partial charge >= 0.3 is 12.1 Å². The summed E-state index contributed by atoms with van der Waals surface area (Å²) < 4.78 is 37.7. The molecule has 2 aliphatic rings. The SMILES string of the molecule is CCC(NCc1ccc(CN2CCC(O)CC2)cc1)c1ccc(OCC(O)CN2CCN(c3ccccc3)CC2)cc1.O=C(O)C(F)(F)F. The second kappa shape index (κ2) is 18.9. The first-order valence-corrected chi connectivity index (χ1v) is 16.9. The van der Waals surface area contributed by atoms with Crippen LogP contribution in [0.25, 0.3) is 0 Å². The Balaban J connectivity index is 0.000000698. The fraction of sp³-hybridized carbons (Fsp3) is 0.486. The summed E-state index contributed by atoms with van der Waals surface area (Å²) in [6.45, 7) is 10.7. The molecular weight excluding hydrogens is 637 g/mol. The Labute approximate surface area is 286 Å². The van der Waals surface area contributed by atoms with Crippen molar-refractivity contribution >= 4 is 11.7 Å². The number of likely N-dealkylation sites (tertiary alicyclic amines) is 1. The Morgan fingerprint density at radius 3 is 2.04 bits per heavy atom. The number of carboxylic acid groups (broad SMARTS) is 1. The van der Waals surface area contributed by atoms with Crippen LogP contribution < -0.4 is 15.0 Å². The van der Waals surface area contributed by atoms with Gasteiger partial charge in [-0.2, -0.15) is 13.2 Å². The van der Waals surface area contributed by atoms with E-state index in [2.05, 4.69) is 93.7 Å². The molecule has 0 spiro atoms. The average Bonchev–Trinajstić information content (AvgIpc) is 3.10. The highest BCUT2D eigenvalue weighted by atomic mass is 19.4. The van der Waals surface area contributed by atoms with Crippen molar-refractivity contribution in [1.82, 2.24) is 15.1 Å². The number of nitrogens with one attached hydrogen (secondary N) is 1. The van der Waals surface area contributed by atoms with E-state index >= 15 is 0 Å². The van der Waals surface area contributed by atoms with Crippen LogP contribution in [0.5, 0.6) is 5.75 Å². The molecule has 4 N–H and O–H groups in total. The van der Waals surface area contributed by atoms with Crippen LogP contribution in [0.1, 0.15) is 48.9 Å². The summed E-state index contributed by atoms with van der Waals surface area (Å²) in [5.74, 6) is -1.96. The van der Waals surface area contributed by atoms with E-state index in [1.165, 1.54) is 22.4 Å². The number of hydrogen-bond acceptors (Lipinski definition) is 8. The first-order valence-electron chi connectivity index (χ1n) is 16.9. The van der Waals surface area contributed by atoms with Crippen LogP contribution >= 0.6 is 0 Å². The van der Waals surface area contributed by atoms with Crippen LogP contribution in [0.2, 0.25) is 0 Å². The smallest absolute Gasteiger partial charge is 0.490 e. The molecule has 2 atom stereocenters. The molecule has 0 amide bonds. The lowest BCUT2D eigenvalue weighted by atomic mass is 10.0. The van der Waals surface area contributed by atoms with Crippen LogP contribution in [0, 0.1) is 0 Å². The van der Waals surface area contributed by atoms with Crippen molar-refractivity contribution in [3.63, 3.8) is 0 Å². The molecule has 3 aromatic rings. The Morgan fingerprint density at radius 2 is 1.47 bits per heavy atom. The molecule has 5 rings (SSSR count). The summed E-state index contributed by atoms with van der Waals surface area (Å²) in [6.07, 6.45) is -2.97. The number of ether oxygens (including phenoxy) is 1. The predicted molar refractivity (Wildman–Crippen MR) is 184 cm³/mol. The molecule has 0 aromatic heterocycles. The fourth-order valence-electron chi connectivity index (χ4n) is 6.00. The third-order valence-electron chi connectivity index (χ3n) is 8.88. The van der Waals surface area contributed by atoms with E-state index in [4.69, 9.17) is 14.6 Å². The zero-order chi connectivity index (χ0) is 35.2. The Kier molecular flexibility index (Phi) is 14.7. The molecule has 0 radical (unpaired) electrons.